The summed E-state index contributed by atoms with van der Waals surface area (Å²) >= 11 is 0. The van der Waals surface area contributed by atoms with Crippen molar-refractivity contribution in [1.29, 1.82) is 0 Å². The SMILES string of the molecule is CC.CC(C=O)NC(=O)C1CCCCN1C(=O)C1CCCN1C(=O)CCOC(=O)C1CCCN1C.CNC(=O)CNC(=O)Nc1ccncc1.Cc1ccccc1. The monoisotopic (exact) mass is 794 g/mol. The number of pyridine rings is 1. The average molecular weight is 795 g/mol. The molecule has 57 heavy (non-hydrogen) atoms. The van der Waals surface area contributed by atoms with Gasteiger partial charge in [-0.25, -0.2) is 4.79 Å². The van der Waals surface area contributed by atoms with Crippen LogP contribution >= 0.6 is 0 Å². The van der Waals surface area contributed by atoms with Crippen LogP contribution in [-0.2, 0) is 33.5 Å². The van der Waals surface area contributed by atoms with Gasteiger partial charge in [-0.3, -0.25) is 33.9 Å². The summed E-state index contributed by atoms with van der Waals surface area (Å²) in [5.41, 5.74) is 1.95. The summed E-state index contributed by atoms with van der Waals surface area (Å²) in [6.07, 6.45) is 8.96. The molecule has 4 heterocycles. The molecule has 0 saturated carbocycles. The van der Waals surface area contributed by atoms with E-state index in [1.165, 1.54) is 12.6 Å². The summed E-state index contributed by atoms with van der Waals surface area (Å²) in [6.45, 7) is 9.42. The van der Waals surface area contributed by atoms with Crippen LogP contribution < -0.4 is 21.3 Å². The molecule has 0 bridgehead atoms. The van der Waals surface area contributed by atoms with Crippen molar-refractivity contribution in [2.75, 3.05) is 52.2 Å². The Morgan fingerprint density at radius 2 is 1.49 bits per heavy atom. The lowest BCUT2D eigenvalue weighted by molar-refractivity contribution is -0.152. The van der Waals surface area contributed by atoms with E-state index in [1.54, 1.807) is 41.2 Å². The molecule has 0 spiro atoms. The molecule has 5 rings (SSSR count). The Morgan fingerprint density at radius 3 is 2.09 bits per heavy atom. The maximum Gasteiger partial charge on any atom is 0.323 e. The number of aromatic nitrogens is 1. The van der Waals surface area contributed by atoms with E-state index in [2.05, 4.69) is 45.3 Å². The summed E-state index contributed by atoms with van der Waals surface area (Å²) in [5.74, 6) is -1.32. The predicted molar refractivity (Wildman–Crippen MR) is 217 cm³/mol. The number of anilines is 1. The molecule has 4 N–H and O–H groups in total. The second-order valence-electron chi connectivity index (χ2n) is 13.6. The Hall–Kier alpha value is -5.38. The van der Waals surface area contributed by atoms with E-state index in [9.17, 15) is 33.6 Å². The largest absolute Gasteiger partial charge is 0.464 e. The van der Waals surface area contributed by atoms with Crippen molar-refractivity contribution in [3.05, 3.63) is 60.4 Å². The topological polar surface area (TPSA) is 199 Å². The number of rotatable bonds is 11. The number of hydrogen-bond acceptors (Lipinski definition) is 10. The number of carbonyl (C=O) groups excluding carboxylic acids is 7. The van der Waals surface area contributed by atoms with E-state index in [0.29, 0.717) is 44.3 Å². The molecule has 16 heteroatoms. The minimum atomic E-state index is -0.629. The Morgan fingerprint density at radius 1 is 0.860 bits per heavy atom. The molecule has 3 aliphatic heterocycles. The van der Waals surface area contributed by atoms with Crippen molar-refractivity contribution in [2.24, 2.45) is 0 Å². The fourth-order valence-electron chi connectivity index (χ4n) is 6.42. The third-order valence-corrected chi connectivity index (χ3v) is 9.44. The van der Waals surface area contributed by atoms with Crippen LogP contribution in [0.2, 0.25) is 0 Å². The number of carbonyl (C=O) groups is 7. The highest BCUT2D eigenvalue weighted by atomic mass is 16.5. The molecule has 3 fully saturated rings. The molecule has 16 nitrogen and oxygen atoms in total. The molecule has 314 valence electrons. The van der Waals surface area contributed by atoms with E-state index in [-0.39, 0.29) is 55.2 Å². The van der Waals surface area contributed by atoms with Crippen molar-refractivity contribution in [1.82, 2.24) is 35.6 Å². The Kier molecular flexibility index (Phi) is 22.2. The van der Waals surface area contributed by atoms with Gasteiger partial charge in [-0.1, -0.05) is 49.7 Å². The van der Waals surface area contributed by atoms with Crippen molar-refractivity contribution in [3.8, 4) is 0 Å². The van der Waals surface area contributed by atoms with Crippen LogP contribution in [0.1, 0.15) is 77.7 Å². The first-order valence-corrected chi connectivity index (χ1v) is 19.8. The van der Waals surface area contributed by atoms with Gasteiger partial charge in [-0.15, -0.1) is 0 Å². The molecular formula is C41H62N8O8. The number of esters is 1. The molecule has 1 aromatic carbocycles. The van der Waals surface area contributed by atoms with E-state index < -0.39 is 24.2 Å². The number of aryl methyl sites for hydroxylation is 1. The molecule has 3 aliphatic rings. The number of benzene rings is 1. The van der Waals surface area contributed by atoms with E-state index >= 15 is 0 Å². The van der Waals surface area contributed by atoms with Crippen molar-refractivity contribution in [3.63, 3.8) is 0 Å². The highest BCUT2D eigenvalue weighted by Gasteiger charge is 2.41. The Balaban J connectivity index is 0.000000382. The average Bonchev–Trinajstić information content (AvgIpc) is 3.91. The zero-order valence-electron chi connectivity index (χ0n) is 34.3. The van der Waals surface area contributed by atoms with Crippen molar-refractivity contribution < 1.29 is 38.3 Å². The lowest BCUT2D eigenvalue weighted by atomic mass is 9.99. The highest BCUT2D eigenvalue weighted by molar-refractivity contribution is 5.94. The van der Waals surface area contributed by atoms with Gasteiger partial charge in [-0.05, 0) is 84.5 Å². The number of nitrogens with one attached hydrogen (secondary N) is 4. The molecule has 4 atom stereocenters. The normalized spacial score (nSPS) is 19.0. The van der Waals surface area contributed by atoms with Gasteiger partial charge in [0.05, 0.1) is 19.0 Å². The zero-order chi connectivity index (χ0) is 42.2. The molecule has 6 amide bonds. The molecule has 4 unspecified atom stereocenters. The van der Waals surface area contributed by atoms with Gasteiger partial charge in [0.1, 0.15) is 31.0 Å². The zero-order valence-corrected chi connectivity index (χ0v) is 34.3. The summed E-state index contributed by atoms with van der Waals surface area (Å²) in [5, 5.41) is 9.98. The number of likely N-dealkylation sites (tertiary alicyclic amines) is 3. The second kappa shape index (κ2) is 26.5. The van der Waals surface area contributed by atoms with Gasteiger partial charge in [0.2, 0.25) is 23.6 Å². The minimum Gasteiger partial charge on any atom is -0.464 e. The lowest BCUT2D eigenvalue weighted by Crippen LogP contribution is -2.57. The molecule has 2 aromatic rings. The lowest BCUT2D eigenvalue weighted by Gasteiger charge is -2.38. The number of amides is 6. The number of aldehydes is 1. The van der Waals surface area contributed by atoms with Crippen LogP contribution in [0.5, 0.6) is 0 Å². The van der Waals surface area contributed by atoms with Crippen LogP contribution in [0, 0.1) is 6.92 Å². The number of ether oxygens (including phenoxy) is 1. The van der Waals surface area contributed by atoms with Crippen LogP contribution in [0.25, 0.3) is 0 Å². The highest BCUT2D eigenvalue weighted by Crippen LogP contribution is 2.25. The van der Waals surface area contributed by atoms with Crippen molar-refractivity contribution in [2.45, 2.75) is 103 Å². The van der Waals surface area contributed by atoms with E-state index in [1.807, 2.05) is 44.0 Å². The van der Waals surface area contributed by atoms with Crippen LogP contribution in [0.4, 0.5) is 10.5 Å². The summed E-state index contributed by atoms with van der Waals surface area (Å²) < 4.78 is 5.33. The fourth-order valence-corrected chi connectivity index (χ4v) is 6.42. The van der Waals surface area contributed by atoms with Gasteiger partial charge in [0.15, 0.2) is 0 Å². The summed E-state index contributed by atoms with van der Waals surface area (Å²) in [7, 11) is 3.39. The third kappa shape index (κ3) is 16.7. The number of piperidine rings is 1. The molecule has 0 aliphatic carbocycles. The van der Waals surface area contributed by atoms with Gasteiger partial charge >= 0.3 is 12.0 Å². The third-order valence-electron chi connectivity index (χ3n) is 9.44. The molecule has 3 saturated heterocycles. The van der Waals surface area contributed by atoms with Crippen LogP contribution in [0.3, 0.4) is 0 Å². The molecular weight excluding hydrogens is 732 g/mol. The maximum absolute atomic E-state index is 13.4. The van der Waals surface area contributed by atoms with Crippen LogP contribution in [-0.4, -0.2) is 133 Å². The van der Waals surface area contributed by atoms with Crippen molar-refractivity contribution >= 4 is 47.6 Å². The summed E-state index contributed by atoms with van der Waals surface area (Å²) in [4.78, 5) is 92.9. The first-order chi connectivity index (χ1) is 27.4. The number of nitrogens with zero attached hydrogens (tertiary/aromatic N) is 4. The number of urea groups is 1. The Bertz CT molecular complexity index is 1560. The minimum absolute atomic E-state index is 0.00224. The van der Waals surface area contributed by atoms with E-state index in [4.69, 9.17) is 4.74 Å². The number of hydrogen-bond donors (Lipinski definition) is 4. The first kappa shape index (κ1) is 47.8. The fraction of sp³-hybridized carbons (Fsp3) is 0.561. The number of likely N-dealkylation sites (N-methyl/N-ethyl adjacent to an activating group) is 2. The van der Waals surface area contributed by atoms with Gasteiger partial charge in [0, 0.05) is 38.2 Å². The maximum atomic E-state index is 13.4. The predicted octanol–water partition coefficient (Wildman–Crippen LogP) is 3.06. The molecule has 1 aromatic heterocycles. The second-order valence-corrected chi connectivity index (χ2v) is 13.6. The summed E-state index contributed by atoms with van der Waals surface area (Å²) in [6, 6.07) is 11.0. The van der Waals surface area contributed by atoms with Gasteiger partial charge in [0.25, 0.3) is 0 Å². The standard InChI is InChI=1S/C23H36N4O6.C9H12N4O2.C7H8.C2H6/c1-16(15-28)24-21(30)17-7-3-4-12-27(17)22(31)18-8-6-13-26(18)20(29)10-14-33-23(32)19-9-5-11-25(19)2;1-10-8(14)6-12-9(15)13-7-2-4-11-5-3-7;1-7-5-3-2-4-6-7;1-2/h15-19H,3-14H2,1-2H3,(H,24,30);2-5H,6H2,1H3,(H,10,14)(H2,11,12,13,15);2-6H,1H3;1-2H3. The van der Waals surface area contributed by atoms with E-state index in [0.717, 1.165) is 32.2 Å². The quantitative estimate of drug-likeness (QED) is 0.194. The molecule has 0 radical (unpaired) electrons. The van der Waals surface area contributed by atoms with Crippen LogP contribution in [0.15, 0.2) is 54.9 Å². The van der Waals surface area contributed by atoms with Gasteiger partial charge < -0.3 is 40.6 Å². The first-order valence-electron chi connectivity index (χ1n) is 19.8. The smallest absolute Gasteiger partial charge is 0.323 e. The van der Waals surface area contributed by atoms with Gasteiger partial charge in [-0.2, -0.15) is 0 Å². The Labute approximate surface area is 336 Å².